The van der Waals surface area contributed by atoms with Crippen LogP contribution in [0.5, 0.6) is 0 Å². The van der Waals surface area contributed by atoms with Gasteiger partial charge < -0.3 is 5.32 Å². The molecule has 0 unspecified atom stereocenters. The number of thiophene rings is 1. The molecule has 5 aromatic rings. The number of carbonyl (C=O) groups excluding carboxylic acids is 1. The fourth-order valence-electron chi connectivity index (χ4n) is 3.03. The van der Waals surface area contributed by atoms with Crippen LogP contribution in [0.4, 0.5) is 5.69 Å². The Morgan fingerprint density at radius 1 is 0.897 bits per heavy atom. The van der Waals surface area contributed by atoms with Crippen LogP contribution in [0.2, 0.25) is 0 Å². The first kappa shape index (κ1) is 18.2. The first-order chi connectivity index (χ1) is 14.3. The van der Waals surface area contributed by atoms with Crippen molar-refractivity contribution >= 4 is 55.8 Å². The van der Waals surface area contributed by atoms with Gasteiger partial charge in [0.25, 0.3) is 0 Å². The zero-order valence-corrected chi connectivity index (χ0v) is 17.6. The molecule has 4 nitrogen and oxygen atoms in total. The molecule has 0 radical (unpaired) electrons. The molecule has 0 saturated carbocycles. The molecular formula is C22H15N3OS3. The zero-order valence-electron chi connectivity index (χ0n) is 15.2. The number of amides is 1. The SMILES string of the molecule is O=C(Cc1csc(-c2cccs2)n1)Nc1ccccc1-c1nc2ccccc2s1. The van der Waals surface area contributed by atoms with Crippen molar-refractivity contribution in [3.8, 4) is 20.5 Å². The van der Waals surface area contributed by atoms with E-state index in [9.17, 15) is 4.79 Å². The molecule has 0 bridgehead atoms. The second-order valence-electron chi connectivity index (χ2n) is 6.38. The number of anilines is 1. The molecule has 3 aromatic heterocycles. The molecule has 142 valence electrons. The van der Waals surface area contributed by atoms with Gasteiger partial charge in [-0.05, 0) is 35.7 Å². The van der Waals surface area contributed by atoms with E-state index in [-0.39, 0.29) is 12.3 Å². The third-order valence-corrected chi connectivity index (χ3v) is 7.35. The van der Waals surface area contributed by atoms with E-state index >= 15 is 0 Å². The van der Waals surface area contributed by atoms with E-state index < -0.39 is 0 Å². The summed E-state index contributed by atoms with van der Waals surface area (Å²) in [5.41, 5.74) is 3.45. The monoisotopic (exact) mass is 433 g/mol. The zero-order chi connectivity index (χ0) is 19.6. The summed E-state index contributed by atoms with van der Waals surface area (Å²) < 4.78 is 1.13. The number of rotatable bonds is 5. The van der Waals surface area contributed by atoms with Gasteiger partial charge in [-0.2, -0.15) is 0 Å². The molecule has 3 heterocycles. The molecule has 29 heavy (non-hydrogen) atoms. The summed E-state index contributed by atoms with van der Waals surface area (Å²) in [7, 11) is 0. The van der Waals surface area contributed by atoms with Crippen molar-refractivity contribution in [3.63, 3.8) is 0 Å². The van der Waals surface area contributed by atoms with E-state index in [1.165, 1.54) is 0 Å². The Kier molecular flexibility index (Phi) is 4.93. The second-order valence-corrected chi connectivity index (χ2v) is 9.22. The number of nitrogens with one attached hydrogen (secondary N) is 1. The largest absolute Gasteiger partial charge is 0.325 e. The van der Waals surface area contributed by atoms with Crippen molar-refractivity contribution in [1.29, 1.82) is 0 Å². The van der Waals surface area contributed by atoms with Crippen molar-refractivity contribution in [2.75, 3.05) is 5.32 Å². The lowest BCUT2D eigenvalue weighted by Gasteiger charge is -2.08. The Labute approximate surface area is 179 Å². The van der Waals surface area contributed by atoms with Crippen LogP contribution in [0.3, 0.4) is 0 Å². The average molecular weight is 434 g/mol. The van der Waals surface area contributed by atoms with Crippen molar-refractivity contribution in [2.45, 2.75) is 6.42 Å². The molecule has 1 amide bonds. The van der Waals surface area contributed by atoms with Crippen molar-refractivity contribution < 1.29 is 4.79 Å². The van der Waals surface area contributed by atoms with Gasteiger partial charge in [0.1, 0.15) is 10.0 Å². The van der Waals surface area contributed by atoms with E-state index in [1.54, 1.807) is 34.0 Å². The fourth-order valence-corrected chi connectivity index (χ4v) is 5.67. The predicted octanol–water partition coefficient (Wildman–Crippen LogP) is 6.33. The van der Waals surface area contributed by atoms with Gasteiger partial charge in [0, 0.05) is 10.9 Å². The molecule has 2 aromatic carbocycles. The van der Waals surface area contributed by atoms with Crippen molar-refractivity contribution in [2.24, 2.45) is 0 Å². The molecular weight excluding hydrogens is 418 g/mol. The minimum Gasteiger partial charge on any atom is -0.325 e. The highest BCUT2D eigenvalue weighted by atomic mass is 32.1. The highest BCUT2D eigenvalue weighted by molar-refractivity contribution is 7.21. The van der Waals surface area contributed by atoms with E-state index in [0.717, 1.165) is 42.1 Å². The van der Waals surface area contributed by atoms with E-state index in [1.807, 2.05) is 65.4 Å². The summed E-state index contributed by atoms with van der Waals surface area (Å²) in [4.78, 5) is 23.1. The van der Waals surface area contributed by atoms with Gasteiger partial charge in [-0.15, -0.1) is 34.0 Å². The molecule has 0 spiro atoms. The van der Waals surface area contributed by atoms with Gasteiger partial charge in [-0.1, -0.05) is 30.3 Å². The molecule has 1 N–H and O–H groups in total. The number of benzene rings is 2. The summed E-state index contributed by atoms with van der Waals surface area (Å²) in [5.74, 6) is -0.0819. The maximum atomic E-state index is 12.7. The van der Waals surface area contributed by atoms with E-state index in [0.29, 0.717) is 0 Å². The third kappa shape index (κ3) is 3.85. The summed E-state index contributed by atoms with van der Waals surface area (Å²) in [6, 6.07) is 19.9. The Balaban J connectivity index is 1.36. The number of nitrogens with zero attached hydrogens (tertiary/aromatic N) is 2. The second kappa shape index (κ2) is 7.87. The van der Waals surface area contributed by atoms with Crippen molar-refractivity contribution in [1.82, 2.24) is 9.97 Å². The minimum absolute atomic E-state index is 0.0819. The fraction of sp³-hybridized carbons (Fsp3) is 0.0455. The van der Waals surface area contributed by atoms with Crippen LogP contribution in [0.1, 0.15) is 5.69 Å². The van der Waals surface area contributed by atoms with E-state index in [2.05, 4.69) is 16.4 Å². The molecule has 7 heteroatoms. The molecule has 5 rings (SSSR count). The van der Waals surface area contributed by atoms with Crippen LogP contribution < -0.4 is 5.32 Å². The summed E-state index contributed by atoms with van der Waals surface area (Å²) in [6.07, 6.45) is 0.246. The lowest BCUT2D eigenvalue weighted by Crippen LogP contribution is -2.15. The third-order valence-electron chi connectivity index (χ3n) is 4.35. The maximum Gasteiger partial charge on any atom is 0.230 e. The number of carbonyl (C=O) groups is 1. The highest BCUT2D eigenvalue weighted by Crippen LogP contribution is 2.34. The minimum atomic E-state index is -0.0819. The van der Waals surface area contributed by atoms with Gasteiger partial charge >= 0.3 is 0 Å². The number of hydrogen-bond acceptors (Lipinski definition) is 6. The average Bonchev–Trinajstić information content (AvgIpc) is 3.48. The number of hydrogen-bond donors (Lipinski definition) is 1. The first-order valence-corrected chi connectivity index (χ1v) is 11.6. The Hall–Kier alpha value is -2.87. The van der Waals surface area contributed by atoms with Crippen LogP contribution in [-0.4, -0.2) is 15.9 Å². The molecule has 0 atom stereocenters. The lowest BCUT2D eigenvalue weighted by atomic mass is 10.1. The Bertz CT molecular complexity index is 1250. The van der Waals surface area contributed by atoms with Crippen LogP contribution in [0.15, 0.2) is 71.4 Å². The van der Waals surface area contributed by atoms with Gasteiger partial charge in [0.05, 0.1) is 32.9 Å². The van der Waals surface area contributed by atoms with Gasteiger partial charge in [-0.25, -0.2) is 9.97 Å². The molecule has 0 saturated heterocycles. The van der Waals surface area contributed by atoms with Crippen LogP contribution in [0, 0.1) is 0 Å². The maximum absolute atomic E-state index is 12.7. The molecule has 0 aliphatic heterocycles. The number of fused-ring (bicyclic) bond motifs is 1. The van der Waals surface area contributed by atoms with Crippen LogP contribution in [0.25, 0.3) is 30.7 Å². The highest BCUT2D eigenvalue weighted by Gasteiger charge is 2.14. The van der Waals surface area contributed by atoms with Gasteiger partial charge in [0.15, 0.2) is 0 Å². The summed E-state index contributed by atoms with van der Waals surface area (Å²) in [6.45, 7) is 0. The Morgan fingerprint density at radius 2 is 1.76 bits per heavy atom. The van der Waals surface area contributed by atoms with Crippen LogP contribution >= 0.6 is 34.0 Å². The normalized spacial score (nSPS) is 11.0. The van der Waals surface area contributed by atoms with Gasteiger partial charge in [0.2, 0.25) is 5.91 Å². The molecule has 0 aliphatic carbocycles. The Morgan fingerprint density at radius 3 is 2.62 bits per heavy atom. The summed E-state index contributed by atoms with van der Waals surface area (Å²) >= 11 is 4.85. The van der Waals surface area contributed by atoms with E-state index in [4.69, 9.17) is 4.98 Å². The lowest BCUT2D eigenvalue weighted by molar-refractivity contribution is -0.115. The number of thiazole rings is 2. The van der Waals surface area contributed by atoms with Gasteiger partial charge in [-0.3, -0.25) is 4.79 Å². The van der Waals surface area contributed by atoms with Crippen molar-refractivity contribution in [3.05, 3.63) is 77.1 Å². The summed E-state index contributed by atoms with van der Waals surface area (Å²) in [5, 5.41) is 8.88. The predicted molar refractivity (Wildman–Crippen MR) is 123 cm³/mol. The standard InChI is InChI=1S/C22H15N3OS3/c26-20(12-14-13-28-22(23-14)19-10-5-11-27-19)24-16-7-2-1-6-15(16)21-25-17-8-3-4-9-18(17)29-21/h1-11,13H,12H2,(H,24,26). The number of aromatic nitrogens is 2. The molecule has 0 fully saturated rings. The quantitative estimate of drug-likeness (QED) is 0.352. The molecule has 0 aliphatic rings. The first-order valence-electron chi connectivity index (χ1n) is 8.99. The van der Waals surface area contributed by atoms with Crippen LogP contribution in [-0.2, 0) is 11.2 Å². The smallest absolute Gasteiger partial charge is 0.230 e. The number of para-hydroxylation sites is 2. The topological polar surface area (TPSA) is 54.9 Å².